The first-order chi connectivity index (χ1) is 14.0. The van der Waals surface area contributed by atoms with Gasteiger partial charge in [0.05, 0.1) is 35.8 Å². The number of hydrogen-bond acceptors (Lipinski definition) is 6. The monoisotopic (exact) mass is 395 g/mol. The Labute approximate surface area is 167 Å². The Morgan fingerprint density at radius 1 is 1.10 bits per heavy atom. The number of halogens is 1. The van der Waals surface area contributed by atoms with Crippen LogP contribution in [0.4, 0.5) is 4.39 Å². The van der Waals surface area contributed by atoms with Gasteiger partial charge < -0.3 is 20.2 Å². The van der Waals surface area contributed by atoms with Crippen LogP contribution in [0, 0.1) is 5.82 Å². The third kappa shape index (κ3) is 3.78. The van der Waals surface area contributed by atoms with Crippen LogP contribution in [0.15, 0.2) is 36.5 Å². The molecule has 1 aliphatic carbocycles. The van der Waals surface area contributed by atoms with Gasteiger partial charge in [-0.2, -0.15) is 0 Å². The third-order valence-corrected chi connectivity index (χ3v) is 5.06. The topological polar surface area (TPSA) is 98.9 Å². The second-order valence-corrected chi connectivity index (χ2v) is 8.03. The van der Waals surface area contributed by atoms with E-state index >= 15 is 0 Å². The minimum Gasteiger partial charge on any atom is -0.344 e. The van der Waals surface area contributed by atoms with Crippen molar-refractivity contribution in [3.05, 3.63) is 54.0 Å². The van der Waals surface area contributed by atoms with E-state index < -0.39 is 11.8 Å². The lowest BCUT2D eigenvalue weighted by Crippen LogP contribution is -2.50. The number of nitrogens with two attached hydrogens (primary N) is 1. The van der Waals surface area contributed by atoms with Gasteiger partial charge in [-0.05, 0) is 50.1 Å². The zero-order valence-electron chi connectivity index (χ0n) is 16.1. The van der Waals surface area contributed by atoms with Crippen LogP contribution in [-0.4, -0.2) is 38.7 Å². The van der Waals surface area contributed by atoms with E-state index in [-0.39, 0.29) is 5.82 Å². The minimum absolute atomic E-state index is 0.301. The molecule has 29 heavy (non-hydrogen) atoms. The first-order valence-corrected chi connectivity index (χ1v) is 9.70. The number of rotatable bonds is 4. The molecule has 0 amide bonds. The summed E-state index contributed by atoms with van der Waals surface area (Å²) in [6, 6.07) is 8.06. The molecule has 0 atom stereocenters. The summed E-state index contributed by atoms with van der Waals surface area (Å²) in [5, 5.41) is 0. The summed E-state index contributed by atoms with van der Waals surface area (Å²) in [6.45, 7) is 2.60. The first kappa shape index (κ1) is 18.4. The van der Waals surface area contributed by atoms with Crippen LogP contribution < -0.4 is 5.73 Å². The summed E-state index contributed by atoms with van der Waals surface area (Å²) >= 11 is 0. The maximum atomic E-state index is 13.4. The molecule has 2 aromatic heterocycles. The SMILES string of the molecule is CC1(N)COC(c2nc(-c3ccc(F)cc3)c(-c3ccnc(C4CC4)n3)[nH]2)OC1. The van der Waals surface area contributed by atoms with Gasteiger partial charge in [0, 0.05) is 17.7 Å². The molecule has 2 aliphatic rings. The molecule has 1 aromatic carbocycles. The highest BCUT2D eigenvalue weighted by molar-refractivity contribution is 5.76. The van der Waals surface area contributed by atoms with E-state index in [1.54, 1.807) is 18.3 Å². The quantitative estimate of drug-likeness (QED) is 0.703. The lowest BCUT2D eigenvalue weighted by Gasteiger charge is -2.33. The van der Waals surface area contributed by atoms with Crippen molar-refractivity contribution in [2.45, 2.75) is 37.5 Å². The molecule has 3 N–H and O–H groups in total. The van der Waals surface area contributed by atoms with E-state index in [1.165, 1.54) is 12.1 Å². The number of nitrogens with zero attached hydrogens (tertiary/aromatic N) is 3. The highest BCUT2D eigenvalue weighted by Gasteiger charge is 2.32. The largest absolute Gasteiger partial charge is 0.344 e. The molecule has 0 unspecified atom stereocenters. The fourth-order valence-corrected chi connectivity index (χ4v) is 3.34. The van der Waals surface area contributed by atoms with Gasteiger partial charge in [-0.3, -0.25) is 0 Å². The van der Waals surface area contributed by atoms with E-state index in [0.717, 1.165) is 35.6 Å². The molecular formula is C21H22FN5O2. The lowest BCUT2D eigenvalue weighted by atomic mass is 10.1. The first-order valence-electron chi connectivity index (χ1n) is 9.70. The fourth-order valence-electron chi connectivity index (χ4n) is 3.34. The van der Waals surface area contributed by atoms with Gasteiger partial charge in [-0.25, -0.2) is 19.3 Å². The highest BCUT2D eigenvalue weighted by Crippen LogP contribution is 2.39. The van der Waals surface area contributed by atoms with Gasteiger partial charge in [-0.1, -0.05) is 0 Å². The second-order valence-electron chi connectivity index (χ2n) is 8.03. The van der Waals surface area contributed by atoms with Gasteiger partial charge in [0.2, 0.25) is 6.29 Å². The van der Waals surface area contributed by atoms with Crippen LogP contribution in [0.5, 0.6) is 0 Å². The number of ether oxygens (including phenoxy) is 2. The average molecular weight is 395 g/mol. The number of hydrogen-bond donors (Lipinski definition) is 2. The van der Waals surface area contributed by atoms with Crippen molar-refractivity contribution in [1.82, 2.24) is 19.9 Å². The van der Waals surface area contributed by atoms with Crippen LogP contribution in [0.1, 0.15) is 43.6 Å². The van der Waals surface area contributed by atoms with Crippen molar-refractivity contribution >= 4 is 0 Å². The maximum absolute atomic E-state index is 13.4. The maximum Gasteiger partial charge on any atom is 0.217 e. The zero-order chi connectivity index (χ0) is 20.0. The van der Waals surface area contributed by atoms with Crippen molar-refractivity contribution in [3.63, 3.8) is 0 Å². The molecule has 1 saturated heterocycles. The number of nitrogens with one attached hydrogen (secondary N) is 1. The number of aromatic amines is 1. The van der Waals surface area contributed by atoms with Gasteiger partial charge >= 0.3 is 0 Å². The molecule has 150 valence electrons. The standard InChI is InChI=1S/C21H22FN5O2/c1-21(23)10-28-20(29-11-21)19-26-16(12-4-6-14(22)7-5-12)17(27-19)15-8-9-24-18(25-15)13-2-3-13/h4-9,13,20H,2-3,10-11,23H2,1H3,(H,26,27). The number of benzene rings is 1. The highest BCUT2D eigenvalue weighted by atomic mass is 19.1. The van der Waals surface area contributed by atoms with E-state index in [4.69, 9.17) is 25.2 Å². The zero-order valence-corrected chi connectivity index (χ0v) is 16.1. The molecule has 3 aromatic rings. The van der Waals surface area contributed by atoms with Crippen LogP contribution in [0.25, 0.3) is 22.6 Å². The molecule has 3 heterocycles. The predicted molar refractivity (Wildman–Crippen MR) is 104 cm³/mol. The van der Waals surface area contributed by atoms with Crippen LogP contribution in [0.3, 0.4) is 0 Å². The summed E-state index contributed by atoms with van der Waals surface area (Å²) in [6.07, 6.45) is 3.34. The summed E-state index contributed by atoms with van der Waals surface area (Å²) in [4.78, 5) is 17.2. The minimum atomic E-state index is -0.649. The molecule has 0 radical (unpaired) electrons. The average Bonchev–Trinajstić information content (AvgIpc) is 3.48. The Bertz CT molecular complexity index is 1020. The van der Waals surface area contributed by atoms with E-state index in [2.05, 4.69) is 9.97 Å². The van der Waals surface area contributed by atoms with Gasteiger partial charge in [0.1, 0.15) is 11.6 Å². The molecule has 7 nitrogen and oxygen atoms in total. The molecule has 1 saturated carbocycles. The molecule has 0 spiro atoms. The fraction of sp³-hybridized carbons (Fsp3) is 0.381. The molecule has 2 fully saturated rings. The molecule has 1 aliphatic heterocycles. The molecule has 8 heteroatoms. The van der Waals surface area contributed by atoms with Gasteiger partial charge in [0.25, 0.3) is 0 Å². The second kappa shape index (κ2) is 6.98. The number of imidazole rings is 1. The van der Waals surface area contributed by atoms with Crippen LogP contribution >= 0.6 is 0 Å². The number of aromatic nitrogens is 4. The van der Waals surface area contributed by atoms with Crippen molar-refractivity contribution in [1.29, 1.82) is 0 Å². The van der Waals surface area contributed by atoms with E-state index in [9.17, 15) is 4.39 Å². The van der Waals surface area contributed by atoms with Crippen LogP contribution in [-0.2, 0) is 9.47 Å². The van der Waals surface area contributed by atoms with Crippen molar-refractivity contribution < 1.29 is 13.9 Å². The van der Waals surface area contributed by atoms with Gasteiger partial charge in [-0.15, -0.1) is 0 Å². The van der Waals surface area contributed by atoms with E-state index in [0.29, 0.717) is 30.7 Å². The summed E-state index contributed by atoms with van der Waals surface area (Å²) in [5.41, 5.74) is 8.43. The van der Waals surface area contributed by atoms with Crippen molar-refractivity contribution in [2.24, 2.45) is 5.73 Å². The Hall–Kier alpha value is -2.68. The smallest absolute Gasteiger partial charge is 0.217 e. The van der Waals surface area contributed by atoms with Crippen LogP contribution in [0.2, 0.25) is 0 Å². The van der Waals surface area contributed by atoms with E-state index in [1.807, 2.05) is 13.0 Å². The Morgan fingerprint density at radius 2 is 1.83 bits per heavy atom. The Morgan fingerprint density at radius 3 is 2.52 bits per heavy atom. The molecular weight excluding hydrogens is 373 g/mol. The lowest BCUT2D eigenvalue weighted by molar-refractivity contribution is -0.211. The predicted octanol–water partition coefficient (Wildman–Crippen LogP) is 3.31. The molecule has 0 bridgehead atoms. The Balaban J connectivity index is 1.56. The molecule has 5 rings (SSSR count). The summed E-state index contributed by atoms with van der Waals surface area (Å²) in [7, 11) is 0. The Kier molecular flexibility index (Phi) is 4.42. The van der Waals surface area contributed by atoms with Crippen molar-refractivity contribution in [2.75, 3.05) is 13.2 Å². The summed E-state index contributed by atoms with van der Waals surface area (Å²) < 4.78 is 25.0. The third-order valence-electron chi connectivity index (χ3n) is 5.06. The van der Waals surface area contributed by atoms with Crippen molar-refractivity contribution in [3.8, 4) is 22.6 Å². The van der Waals surface area contributed by atoms with Gasteiger partial charge in [0.15, 0.2) is 5.82 Å². The normalized spacial score (nSPS) is 24.6. The summed E-state index contributed by atoms with van der Waals surface area (Å²) in [5.74, 6) is 1.50. The number of H-pyrrole nitrogens is 1.